The van der Waals surface area contributed by atoms with Gasteiger partial charge in [0.15, 0.2) is 5.60 Å². The fourth-order valence-corrected chi connectivity index (χ4v) is 5.22. The van der Waals surface area contributed by atoms with Crippen LogP contribution in [0.1, 0.15) is 27.0 Å². The second-order valence-corrected chi connectivity index (χ2v) is 8.41. The van der Waals surface area contributed by atoms with E-state index in [1.165, 1.54) is 0 Å². The molecule has 6 heteroatoms. The molecule has 2 N–H and O–H groups in total. The second-order valence-electron chi connectivity index (χ2n) is 8.41. The first-order chi connectivity index (χ1) is 16.1. The van der Waals surface area contributed by atoms with E-state index in [-0.39, 0.29) is 47.0 Å². The Bertz CT molecular complexity index is 1580. The Morgan fingerprint density at radius 3 is 1.79 bits per heavy atom. The normalized spacial score (nSPS) is 14.6. The summed E-state index contributed by atoms with van der Waals surface area (Å²) in [5.74, 6) is 1.08. The van der Waals surface area contributed by atoms with Crippen LogP contribution in [0.25, 0.3) is 21.5 Å². The summed E-state index contributed by atoms with van der Waals surface area (Å²) in [6.07, 6.45) is 0. The summed E-state index contributed by atoms with van der Waals surface area (Å²) in [6.45, 7) is 0. The SMILES string of the molecule is O=C1OC2(c3ccccc31)c1ccc3cc(O)ccc3c1Oc1c2ccc2cc(O)ccc12.[Na]. The maximum Gasteiger partial charge on any atom is 0.340 e. The molecule has 159 valence electrons. The van der Waals surface area contributed by atoms with Gasteiger partial charge in [-0.2, -0.15) is 0 Å². The molecule has 0 unspecified atom stereocenters. The Kier molecular flexibility index (Phi) is 4.48. The van der Waals surface area contributed by atoms with Crippen LogP contribution in [0.3, 0.4) is 0 Å². The Morgan fingerprint density at radius 2 is 1.21 bits per heavy atom. The molecule has 0 aliphatic carbocycles. The van der Waals surface area contributed by atoms with Crippen molar-refractivity contribution < 1.29 is 24.5 Å². The van der Waals surface area contributed by atoms with E-state index in [2.05, 4.69) is 0 Å². The van der Waals surface area contributed by atoms with Gasteiger partial charge in [-0.1, -0.05) is 30.3 Å². The molecule has 5 aromatic rings. The predicted molar refractivity (Wildman–Crippen MR) is 129 cm³/mol. The number of carbonyl (C=O) groups excluding carboxylic acids is 1. The number of rotatable bonds is 0. The summed E-state index contributed by atoms with van der Waals surface area (Å²) < 4.78 is 12.8. The number of benzene rings is 5. The fraction of sp³-hybridized carbons (Fsp3) is 0.0357. The van der Waals surface area contributed by atoms with Crippen molar-refractivity contribution in [2.75, 3.05) is 0 Å². The van der Waals surface area contributed by atoms with Crippen molar-refractivity contribution in [1.29, 1.82) is 0 Å². The van der Waals surface area contributed by atoms with E-state index in [1.807, 2.05) is 54.6 Å². The van der Waals surface area contributed by atoms with Crippen molar-refractivity contribution in [3.05, 3.63) is 107 Å². The molecule has 0 saturated carbocycles. The maximum absolute atomic E-state index is 13.0. The van der Waals surface area contributed by atoms with E-state index < -0.39 is 5.60 Å². The first-order valence-electron chi connectivity index (χ1n) is 10.6. The van der Waals surface area contributed by atoms with Gasteiger partial charge >= 0.3 is 5.97 Å². The minimum Gasteiger partial charge on any atom is -0.508 e. The summed E-state index contributed by atoms with van der Waals surface area (Å²) in [4.78, 5) is 13.0. The molecule has 0 saturated heterocycles. The molecule has 0 amide bonds. The van der Waals surface area contributed by atoms with Gasteiger partial charge in [-0.05, 0) is 65.4 Å². The van der Waals surface area contributed by atoms with Gasteiger partial charge < -0.3 is 19.7 Å². The molecular formula is C28H16NaO5. The van der Waals surface area contributed by atoms with Gasteiger partial charge in [-0.25, -0.2) is 4.79 Å². The number of phenolic OH excluding ortho intramolecular Hbond substituents is 2. The number of hydrogen-bond donors (Lipinski definition) is 2. The number of fused-ring (bicyclic) bond motifs is 10. The van der Waals surface area contributed by atoms with Crippen molar-refractivity contribution in [3.8, 4) is 23.0 Å². The third-order valence-corrected chi connectivity index (χ3v) is 6.64. The number of esters is 1. The first-order valence-corrected chi connectivity index (χ1v) is 10.6. The van der Waals surface area contributed by atoms with Crippen LogP contribution in [0.2, 0.25) is 0 Å². The number of carbonyl (C=O) groups is 1. The van der Waals surface area contributed by atoms with E-state index in [0.29, 0.717) is 17.1 Å². The van der Waals surface area contributed by atoms with Crippen molar-refractivity contribution in [2.45, 2.75) is 5.60 Å². The molecule has 2 aliphatic rings. The molecule has 7 rings (SSSR count). The third-order valence-electron chi connectivity index (χ3n) is 6.64. The number of aromatic hydroxyl groups is 2. The smallest absolute Gasteiger partial charge is 0.340 e. The quantitative estimate of drug-likeness (QED) is 0.235. The van der Waals surface area contributed by atoms with Gasteiger partial charge in [0.2, 0.25) is 0 Å². The molecule has 0 fully saturated rings. The van der Waals surface area contributed by atoms with Gasteiger partial charge in [0.25, 0.3) is 0 Å². The summed E-state index contributed by atoms with van der Waals surface area (Å²) in [7, 11) is 0. The Hall–Kier alpha value is -3.51. The van der Waals surface area contributed by atoms with Gasteiger partial charge in [-0.3, -0.25) is 0 Å². The zero-order chi connectivity index (χ0) is 22.3. The summed E-state index contributed by atoms with van der Waals surface area (Å²) >= 11 is 0. The third kappa shape index (κ3) is 2.63. The number of hydrogen-bond acceptors (Lipinski definition) is 5. The number of ether oxygens (including phenoxy) is 2. The van der Waals surface area contributed by atoms with Gasteiger partial charge in [0.05, 0.1) is 5.56 Å². The average molecular weight is 455 g/mol. The van der Waals surface area contributed by atoms with Crippen molar-refractivity contribution in [1.82, 2.24) is 0 Å². The topological polar surface area (TPSA) is 76.0 Å². The molecule has 5 nitrogen and oxygen atoms in total. The van der Waals surface area contributed by atoms with Gasteiger partial charge in [-0.15, -0.1) is 0 Å². The van der Waals surface area contributed by atoms with Crippen LogP contribution in [0.5, 0.6) is 23.0 Å². The minimum atomic E-state index is -1.17. The average Bonchev–Trinajstić information content (AvgIpc) is 3.11. The fourth-order valence-electron chi connectivity index (χ4n) is 5.22. The van der Waals surface area contributed by atoms with Gasteiger partial charge in [0.1, 0.15) is 23.0 Å². The molecule has 2 heterocycles. The molecular weight excluding hydrogens is 439 g/mol. The van der Waals surface area contributed by atoms with Crippen molar-refractivity contribution in [2.24, 2.45) is 0 Å². The zero-order valence-electron chi connectivity index (χ0n) is 18.2. The second kappa shape index (κ2) is 7.24. The largest absolute Gasteiger partial charge is 0.508 e. The summed E-state index contributed by atoms with van der Waals surface area (Å²) in [5.41, 5.74) is 1.56. The summed E-state index contributed by atoms with van der Waals surface area (Å²) in [6, 6.07) is 25.2. The Labute approximate surface area is 216 Å². The van der Waals surface area contributed by atoms with Gasteiger partial charge in [0, 0.05) is 57.0 Å². The first kappa shape index (κ1) is 21.1. The molecule has 1 radical (unpaired) electrons. The van der Waals surface area contributed by atoms with Crippen LogP contribution in [-0.2, 0) is 10.3 Å². The molecule has 1 spiro atoms. The summed E-state index contributed by atoms with van der Waals surface area (Å²) in [5, 5.41) is 23.2. The van der Waals surface area contributed by atoms with E-state index in [4.69, 9.17) is 9.47 Å². The zero-order valence-corrected chi connectivity index (χ0v) is 20.2. The molecule has 0 atom stereocenters. The van der Waals surface area contributed by atoms with E-state index >= 15 is 0 Å². The van der Waals surface area contributed by atoms with Crippen LogP contribution in [0, 0.1) is 0 Å². The van der Waals surface area contributed by atoms with Crippen LogP contribution in [0.15, 0.2) is 84.9 Å². The Balaban J connectivity index is 0.00000217. The minimum absolute atomic E-state index is 0. The van der Waals surface area contributed by atoms with Crippen molar-refractivity contribution in [3.63, 3.8) is 0 Å². The maximum atomic E-state index is 13.0. The monoisotopic (exact) mass is 455 g/mol. The van der Waals surface area contributed by atoms with Crippen LogP contribution in [-0.4, -0.2) is 45.7 Å². The van der Waals surface area contributed by atoms with E-state index in [0.717, 1.165) is 38.2 Å². The molecule has 5 aromatic carbocycles. The van der Waals surface area contributed by atoms with E-state index in [9.17, 15) is 15.0 Å². The Morgan fingerprint density at radius 1 is 0.647 bits per heavy atom. The number of phenols is 2. The predicted octanol–water partition coefficient (Wildman–Crippen LogP) is 5.59. The van der Waals surface area contributed by atoms with Crippen LogP contribution < -0.4 is 4.74 Å². The molecule has 0 aromatic heterocycles. The molecule has 2 aliphatic heterocycles. The van der Waals surface area contributed by atoms with Crippen molar-refractivity contribution >= 4 is 57.1 Å². The standard InChI is InChI=1S/C28H16O5.Na/c29-17-7-9-19-15(13-17)5-11-23-25(19)32-26-20-10-8-18(30)14-16(20)6-12-24(26)28(23)22-4-2-1-3-21(22)27(31)33-28;/h1-14,29-30H;. The van der Waals surface area contributed by atoms with Crippen LogP contribution >= 0.6 is 0 Å². The van der Waals surface area contributed by atoms with Crippen LogP contribution in [0.4, 0.5) is 0 Å². The molecule has 0 bridgehead atoms. The van der Waals surface area contributed by atoms with E-state index in [1.54, 1.807) is 30.3 Å². The molecule has 34 heavy (non-hydrogen) atoms.